The third-order valence-corrected chi connectivity index (χ3v) is 4.19. The first-order chi connectivity index (χ1) is 6.32. The fourth-order valence-corrected chi connectivity index (χ4v) is 1.87. The molecule has 0 bridgehead atoms. The van der Waals surface area contributed by atoms with Gasteiger partial charge in [0.25, 0.3) is 0 Å². The molecule has 0 aliphatic carbocycles. The summed E-state index contributed by atoms with van der Waals surface area (Å²) in [6.45, 7) is 1.92. The summed E-state index contributed by atoms with van der Waals surface area (Å²) in [4.78, 5) is 0. The van der Waals surface area contributed by atoms with Gasteiger partial charge >= 0.3 is 9.24 Å². The Morgan fingerprint density at radius 3 is 2.43 bits per heavy atom. The maximum absolute atomic E-state index is 11.0. The predicted octanol–water partition coefficient (Wildman–Crippen LogP) is 2.68. The molecule has 0 aliphatic rings. The van der Waals surface area contributed by atoms with E-state index < -0.39 is 9.24 Å². The van der Waals surface area contributed by atoms with E-state index >= 15 is 0 Å². The van der Waals surface area contributed by atoms with Gasteiger partial charge in [-0.15, -0.1) is 0 Å². The van der Waals surface area contributed by atoms with Crippen LogP contribution in [0.2, 0.25) is 0 Å². The van der Waals surface area contributed by atoms with Crippen LogP contribution in [0.4, 0.5) is 5.69 Å². The second-order valence-corrected chi connectivity index (χ2v) is 6.24. The Morgan fingerprint density at radius 2 is 2.00 bits per heavy atom. The van der Waals surface area contributed by atoms with Crippen LogP contribution in [0.15, 0.2) is 22.7 Å². The molecule has 0 amide bonds. The number of rotatable bonds is 2. The zero-order valence-electron chi connectivity index (χ0n) is 7.66. The molecule has 0 saturated carbocycles. The van der Waals surface area contributed by atoms with Gasteiger partial charge in [-0.1, -0.05) is 22.0 Å². The normalized spacial score (nSPS) is 11.4. The van der Waals surface area contributed by atoms with Crippen molar-refractivity contribution < 1.29 is 8.42 Å². The fourth-order valence-electron chi connectivity index (χ4n) is 0.904. The lowest BCUT2D eigenvalue weighted by atomic mass is 10.2. The first-order valence-corrected chi connectivity index (χ1v) is 6.83. The molecule has 0 unspecified atom stereocenters. The van der Waals surface area contributed by atoms with Crippen LogP contribution in [0.25, 0.3) is 0 Å². The van der Waals surface area contributed by atoms with Gasteiger partial charge < -0.3 is 0 Å². The number of aryl methyl sites for hydroxylation is 1. The summed E-state index contributed by atoms with van der Waals surface area (Å²) in [6, 6.07) is 5.22. The minimum atomic E-state index is -3.70. The molecular weight excluding hydrogens is 290 g/mol. The van der Waals surface area contributed by atoms with E-state index in [2.05, 4.69) is 15.9 Å². The van der Waals surface area contributed by atoms with Crippen LogP contribution in [-0.2, 0) is 9.24 Å². The van der Waals surface area contributed by atoms with Crippen molar-refractivity contribution in [3.8, 4) is 0 Å². The predicted molar refractivity (Wildman–Crippen MR) is 62.1 cm³/mol. The van der Waals surface area contributed by atoms with Crippen molar-refractivity contribution in [2.24, 2.45) is 0 Å². The minimum absolute atomic E-state index is 0.525. The molecule has 1 rings (SSSR count). The highest BCUT2D eigenvalue weighted by Crippen LogP contribution is 2.25. The van der Waals surface area contributed by atoms with Crippen molar-refractivity contribution in [1.29, 1.82) is 0 Å². The Hall–Kier alpha value is -0.260. The van der Waals surface area contributed by atoms with E-state index in [4.69, 9.17) is 10.7 Å². The van der Waals surface area contributed by atoms with Crippen molar-refractivity contribution in [3.63, 3.8) is 0 Å². The molecule has 0 N–H and O–H groups in total. The van der Waals surface area contributed by atoms with Gasteiger partial charge in [0.1, 0.15) is 0 Å². The van der Waals surface area contributed by atoms with Crippen LogP contribution >= 0.6 is 26.6 Å². The summed E-state index contributed by atoms with van der Waals surface area (Å²) >= 11 is 3.32. The molecule has 0 fully saturated rings. The van der Waals surface area contributed by atoms with Crippen LogP contribution in [0.3, 0.4) is 0 Å². The van der Waals surface area contributed by atoms with E-state index in [0.717, 1.165) is 14.3 Å². The summed E-state index contributed by atoms with van der Waals surface area (Å²) in [5.74, 6) is 0. The standard InChI is InChI=1S/C8H9BrClNO2S/c1-6-3-4-7(5-8(6)9)11(2)14(10,12)13/h3-5H,1-2H3. The van der Waals surface area contributed by atoms with Crippen molar-refractivity contribution >= 4 is 41.5 Å². The van der Waals surface area contributed by atoms with Crippen LogP contribution < -0.4 is 4.31 Å². The van der Waals surface area contributed by atoms with Gasteiger partial charge in [-0.2, -0.15) is 8.42 Å². The van der Waals surface area contributed by atoms with Crippen LogP contribution in [-0.4, -0.2) is 15.5 Å². The van der Waals surface area contributed by atoms with Crippen LogP contribution in [0.1, 0.15) is 5.56 Å². The van der Waals surface area contributed by atoms with Gasteiger partial charge in [-0.05, 0) is 24.6 Å². The van der Waals surface area contributed by atoms with E-state index in [-0.39, 0.29) is 0 Å². The Labute approximate surface area is 96.4 Å². The molecule has 1 aromatic rings. The molecule has 3 nitrogen and oxygen atoms in total. The van der Waals surface area contributed by atoms with E-state index in [1.165, 1.54) is 7.05 Å². The molecule has 0 atom stereocenters. The van der Waals surface area contributed by atoms with Crippen molar-refractivity contribution in [1.82, 2.24) is 0 Å². The lowest BCUT2D eigenvalue weighted by molar-refractivity contribution is 0.608. The summed E-state index contributed by atoms with van der Waals surface area (Å²) < 4.78 is 23.9. The molecular formula is C8H9BrClNO2S. The Balaban J connectivity index is 3.16. The van der Waals surface area contributed by atoms with Crippen LogP contribution in [0.5, 0.6) is 0 Å². The topological polar surface area (TPSA) is 37.4 Å². The quantitative estimate of drug-likeness (QED) is 0.787. The molecule has 0 spiro atoms. The summed E-state index contributed by atoms with van der Waals surface area (Å²) in [5, 5.41) is 0. The molecule has 0 radical (unpaired) electrons. The molecule has 0 aliphatic heterocycles. The fraction of sp³-hybridized carbons (Fsp3) is 0.250. The number of anilines is 1. The number of hydrogen-bond donors (Lipinski definition) is 0. The van der Waals surface area contributed by atoms with Gasteiger partial charge in [0.2, 0.25) is 0 Å². The maximum Gasteiger partial charge on any atom is 0.321 e. The molecule has 78 valence electrons. The zero-order chi connectivity index (χ0) is 10.9. The monoisotopic (exact) mass is 297 g/mol. The van der Waals surface area contributed by atoms with Gasteiger partial charge in [-0.3, -0.25) is 4.31 Å². The summed E-state index contributed by atoms with van der Waals surface area (Å²) in [5.41, 5.74) is 1.56. The summed E-state index contributed by atoms with van der Waals surface area (Å²) in [6.07, 6.45) is 0. The maximum atomic E-state index is 11.0. The van der Waals surface area contributed by atoms with E-state index in [1.807, 2.05) is 13.0 Å². The van der Waals surface area contributed by atoms with Crippen molar-refractivity contribution in [3.05, 3.63) is 28.2 Å². The second-order valence-electron chi connectivity index (χ2n) is 2.84. The van der Waals surface area contributed by atoms with E-state index in [1.54, 1.807) is 12.1 Å². The summed E-state index contributed by atoms with van der Waals surface area (Å²) in [7, 11) is 2.89. The second kappa shape index (κ2) is 4.08. The molecule has 14 heavy (non-hydrogen) atoms. The highest BCUT2D eigenvalue weighted by molar-refractivity contribution is 9.10. The first kappa shape index (κ1) is 11.8. The minimum Gasteiger partial charge on any atom is -0.261 e. The number of nitrogens with zero attached hydrogens (tertiary/aromatic N) is 1. The highest BCUT2D eigenvalue weighted by Gasteiger charge is 2.14. The molecule has 1 aromatic carbocycles. The SMILES string of the molecule is Cc1ccc(N(C)S(=O)(=O)Cl)cc1Br. The average Bonchev–Trinajstić information content (AvgIpc) is 2.07. The molecule has 6 heteroatoms. The first-order valence-electron chi connectivity index (χ1n) is 3.77. The Kier molecular flexibility index (Phi) is 3.44. The lowest BCUT2D eigenvalue weighted by Crippen LogP contribution is -2.21. The Bertz CT molecular complexity index is 447. The number of halogens is 2. The van der Waals surface area contributed by atoms with Gasteiger partial charge in [0.15, 0.2) is 0 Å². The molecule has 0 heterocycles. The third kappa shape index (κ3) is 2.62. The van der Waals surface area contributed by atoms with Crippen LogP contribution in [0, 0.1) is 6.92 Å². The highest BCUT2D eigenvalue weighted by atomic mass is 79.9. The number of benzene rings is 1. The molecule has 0 aromatic heterocycles. The number of hydrogen-bond acceptors (Lipinski definition) is 2. The van der Waals surface area contributed by atoms with Crippen molar-refractivity contribution in [2.75, 3.05) is 11.4 Å². The van der Waals surface area contributed by atoms with Gasteiger partial charge in [0.05, 0.1) is 5.69 Å². The van der Waals surface area contributed by atoms with Gasteiger partial charge in [0, 0.05) is 22.2 Å². The molecule has 0 saturated heterocycles. The van der Waals surface area contributed by atoms with E-state index in [9.17, 15) is 8.42 Å². The third-order valence-electron chi connectivity index (χ3n) is 1.85. The van der Waals surface area contributed by atoms with Gasteiger partial charge in [-0.25, -0.2) is 0 Å². The lowest BCUT2D eigenvalue weighted by Gasteiger charge is -2.15. The smallest absolute Gasteiger partial charge is 0.261 e. The Morgan fingerprint density at radius 1 is 1.43 bits per heavy atom. The average molecular weight is 299 g/mol. The zero-order valence-corrected chi connectivity index (χ0v) is 10.8. The van der Waals surface area contributed by atoms with E-state index in [0.29, 0.717) is 5.69 Å². The van der Waals surface area contributed by atoms with Crippen molar-refractivity contribution in [2.45, 2.75) is 6.92 Å². The largest absolute Gasteiger partial charge is 0.321 e.